The van der Waals surface area contributed by atoms with Crippen molar-refractivity contribution in [2.45, 2.75) is 33.2 Å². The molecule has 0 amide bonds. The number of thiazole rings is 1. The van der Waals surface area contributed by atoms with Crippen molar-refractivity contribution in [3.8, 4) is 0 Å². The molecule has 0 bridgehead atoms. The monoisotopic (exact) mass is 259 g/mol. The summed E-state index contributed by atoms with van der Waals surface area (Å²) >= 11 is 1.59. The van der Waals surface area contributed by atoms with Crippen molar-refractivity contribution >= 4 is 11.3 Å². The Kier molecular flexibility index (Phi) is 6.05. The van der Waals surface area contributed by atoms with Gasteiger partial charge in [0, 0.05) is 26.2 Å². The van der Waals surface area contributed by atoms with E-state index in [1.807, 2.05) is 12.3 Å². The lowest BCUT2D eigenvalue weighted by Crippen LogP contribution is -2.11. The van der Waals surface area contributed by atoms with Crippen LogP contribution in [-0.4, -0.2) is 25.8 Å². The zero-order valence-corrected chi connectivity index (χ0v) is 11.9. The summed E-state index contributed by atoms with van der Waals surface area (Å²) in [5.74, 6) is 0.400. The number of ether oxygens (including phenoxy) is 3. The van der Waals surface area contributed by atoms with Crippen molar-refractivity contribution in [2.75, 3.05) is 20.8 Å². The van der Waals surface area contributed by atoms with Crippen LogP contribution < -0.4 is 0 Å². The lowest BCUT2D eigenvalue weighted by Gasteiger charge is -2.18. The van der Waals surface area contributed by atoms with Gasteiger partial charge in [0.25, 0.3) is 0 Å². The molecule has 0 radical (unpaired) electrons. The number of hydrogen-bond acceptors (Lipinski definition) is 5. The molecule has 0 fully saturated rings. The second-order valence-corrected chi connectivity index (χ2v) is 4.92. The molecule has 0 saturated heterocycles. The molecule has 4 nitrogen and oxygen atoms in total. The van der Waals surface area contributed by atoms with E-state index in [1.165, 1.54) is 0 Å². The Morgan fingerprint density at radius 2 is 1.94 bits per heavy atom. The summed E-state index contributed by atoms with van der Waals surface area (Å²) in [5, 5.41) is 2.94. The van der Waals surface area contributed by atoms with Gasteiger partial charge in [-0.3, -0.25) is 0 Å². The third kappa shape index (κ3) is 3.74. The molecule has 0 aliphatic carbocycles. The fourth-order valence-corrected chi connectivity index (χ4v) is 2.64. The van der Waals surface area contributed by atoms with Gasteiger partial charge in [-0.05, 0) is 12.8 Å². The van der Waals surface area contributed by atoms with Gasteiger partial charge in [-0.2, -0.15) is 0 Å². The van der Waals surface area contributed by atoms with E-state index in [-0.39, 0.29) is 6.10 Å². The molecule has 1 rings (SSSR count). The van der Waals surface area contributed by atoms with Gasteiger partial charge in [0.1, 0.15) is 16.8 Å². The molecule has 1 aromatic heterocycles. The SMILES string of the molecule is CCOC(c1nc(C(OC)OC)cs1)C(C)C. The molecule has 0 aromatic carbocycles. The highest BCUT2D eigenvalue weighted by molar-refractivity contribution is 7.09. The van der Waals surface area contributed by atoms with Crippen LogP contribution >= 0.6 is 11.3 Å². The van der Waals surface area contributed by atoms with Crippen molar-refractivity contribution in [3.63, 3.8) is 0 Å². The van der Waals surface area contributed by atoms with Crippen LogP contribution in [0.5, 0.6) is 0 Å². The van der Waals surface area contributed by atoms with Crippen molar-refractivity contribution in [2.24, 2.45) is 5.92 Å². The first-order valence-electron chi connectivity index (χ1n) is 5.76. The fourth-order valence-electron chi connectivity index (χ4n) is 1.61. The molecule has 17 heavy (non-hydrogen) atoms. The molecule has 1 unspecified atom stereocenters. The summed E-state index contributed by atoms with van der Waals surface area (Å²) in [6.07, 6.45) is -0.345. The first-order valence-corrected chi connectivity index (χ1v) is 6.64. The number of aromatic nitrogens is 1. The Morgan fingerprint density at radius 1 is 1.29 bits per heavy atom. The van der Waals surface area contributed by atoms with E-state index in [1.54, 1.807) is 25.6 Å². The largest absolute Gasteiger partial charge is 0.371 e. The minimum absolute atomic E-state index is 0.0492. The maximum absolute atomic E-state index is 5.72. The summed E-state index contributed by atoms with van der Waals surface area (Å²) in [6, 6.07) is 0. The van der Waals surface area contributed by atoms with Gasteiger partial charge in [0.05, 0.1) is 0 Å². The molecule has 0 spiro atoms. The highest BCUT2D eigenvalue weighted by Crippen LogP contribution is 2.30. The van der Waals surface area contributed by atoms with Crippen LogP contribution in [0.15, 0.2) is 5.38 Å². The first kappa shape index (κ1) is 14.6. The number of nitrogens with zero attached hydrogens (tertiary/aromatic N) is 1. The predicted octanol–water partition coefficient (Wildman–Crippen LogP) is 3.17. The Labute approximate surface area is 107 Å². The van der Waals surface area contributed by atoms with Crippen molar-refractivity contribution < 1.29 is 14.2 Å². The van der Waals surface area contributed by atoms with E-state index in [4.69, 9.17) is 14.2 Å². The average molecular weight is 259 g/mol. The van der Waals surface area contributed by atoms with Crippen LogP contribution in [-0.2, 0) is 14.2 Å². The molecule has 0 aliphatic rings. The molecule has 0 aliphatic heterocycles. The second-order valence-electron chi connectivity index (χ2n) is 4.03. The third-order valence-corrected chi connectivity index (χ3v) is 3.33. The zero-order valence-electron chi connectivity index (χ0n) is 11.1. The van der Waals surface area contributed by atoms with Gasteiger partial charge in [0.2, 0.25) is 6.29 Å². The standard InChI is InChI=1S/C12H21NO3S/c1-6-16-10(8(2)3)11-13-9(7-17-11)12(14-4)15-5/h7-8,10,12H,6H2,1-5H3. The van der Waals surface area contributed by atoms with Gasteiger partial charge < -0.3 is 14.2 Å². The van der Waals surface area contributed by atoms with Gasteiger partial charge in [-0.1, -0.05) is 13.8 Å². The average Bonchev–Trinajstić information content (AvgIpc) is 2.76. The molecule has 98 valence electrons. The van der Waals surface area contributed by atoms with Crippen LogP contribution in [0, 0.1) is 5.92 Å². The van der Waals surface area contributed by atoms with Crippen LogP contribution in [0.1, 0.15) is 43.9 Å². The van der Waals surface area contributed by atoms with E-state index in [0.29, 0.717) is 12.5 Å². The highest BCUT2D eigenvalue weighted by Gasteiger charge is 2.22. The molecule has 1 aromatic rings. The summed E-state index contributed by atoms with van der Waals surface area (Å²) in [7, 11) is 3.21. The van der Waals surface area contributed by atoms with E-state index in [2.05, 4.69) is 18.8 Å². The second kappa shape index (κ2) is 7.06. The molecule has 1 heterocycles. The number of hydrogen-bond donors (Lipinski definition) is 0. The smallest absolute Gasteiger partial charge is 0.201 e. The van der Waals surface area contributed by atoms with Gasteiger partial charge in [0.15, 0.2) is 0 Å². The number of methoxy groups -OCH3 is 2. The normalized spacial score (nSPS) is 13.6. The molecule has 5 heteroatoms. The predicted molar refractivity (Wildman–Crippen MR) is 68.1 cm³/mol. The summed E-state index contributed by atoms with van der Waals surface area (Å²) in [6.45, 7) is 6.95. The van der Waals surface area contributed by atoms with E-state index in [9.17, 15) is 0 Å². The summed E-state index contributed by atoms with van der Waals surface area (Å²) in [5.41, 5.74) is 0.806. The van der Waals surface area contributed by atoms with E-state index >= 15 is 0 Å². The Morgan fingerprint density at radius 3 is 2.41 bits per heavy atom. The van der Waals surface area contributed by atoms with Crippen molar-refractivity contribution in [3.05, 3.63) is 16.1 Å². The lowest BCUT2D eigenvalue weighted by molar-refractivity contribution is -0.108. The lowest BCUT2D eigenvalue weighted by atomic mass is 10.1. The molecular formula is C12H21NO3S. The molecular weight excluding hydrogens is 238 g/mol. The summed E-state index contributed by atoms with van der Waals surface area (Å²) < 4.78 is 16.1. The number of rotatable bonds is 7. The minimum Gasteiger partial charge on any atom is -0.371 e. The van der Waals surface area contributed by atoms with E-state index in [0.717, 1.165) is 10.7 Å². The van der Waals surface area contributed by atoms with Gasteiger partial charge in [-0.25, -0.2) is 4.98 Å². The summed E-state index contributed by atoms with van der Waals surface area (Å²) in [4.78, 5) is 4.54. The van der Waals surface area contributed by atoms with Crippen LogP contribution in [0.25, 0.3) is 0 Å². The zero-order chi connectivity index (χ0) is 12.8. The van der Waals surface area contributed by atoms with Crippen molar-refractivity contribution in [1.82, 2.24) is 4.98 Å². The van der Waals surface area contributed by atoms with Crippen LogP contribution in [0.2, 0.25) is 0 Å². The topological polar surface area (TPSA) is 40.6 Å². The van der Waals surface area contributed by atoms with Crippen molar-refractivity contribution in [1.29, 1.82) is 0 Å². The Balaban J connectivity index is 2.84. The van der Waals surface area contributed by atoms with Gasteiger partial charge in [-0.15, -0.1) is 11.3 Å². The molecule has 0 N–H and O–H groups in total. The van der Waals surface area contributed by atoms with E-state index < -0.39 is 6.29 Å². The quantitative estimate of drug-likeness (QED) is 0.705. The van der Waals surface area contributed by atoms with Crippen LogP contribution in [0.3, 0.4) is 0 Å². The van der Waals surface area contributed by atoms with Gasteiger partial charge >= 0.3 is 0 Å². The highest BCUT2D eigenvalue weighted by atomic mass is 32.1. The Hall–Kier alpha value is -0.490. The maximum Gasteiger partial charge on any atom is 0.201 e. The fraction of sp³-hybridized carbons (Fsp3) is 0.750. The Bertz CT molecular complexity index is 323. The molecule has 0 saturated carbocycles. The minimum atomic E-state index is -0.394. The molecule has 1 atom stereocenters. The first-order chi connectivity index (χ1) is 8.13. The third-order valence-electron chi connectivity index (χ3n) is 2.40. The maximum atomic E-state index is 5.72. The van der Waals surface area contributed by atoms with Crippen LogP contribution in [0.4, 0.5) is 0 Å².